The smallest absolute Gasteiger partial charge is 0.156 e. The van der Waals surface area contributed by atoms with E-state index >= 15 is 0 Å². The molecule has 1 aromatic carbocycles. The summed E-state index contributed by atoms with van der Waals surface area (Å²) in [4.78, 5) is 2.03. The van der Waals surface area contributed by atoms with Crippen LogP contribution in [0.4, 0.5) is 0 Å². The van der Waals surface area contributed by atoms with Crippen molar-refractivity contribution in [2.24, 2.45) is 5.73 Å². The van der Waals surface area contributed by atoms with E-state index in [-0.39, 0.29) is 5.75 Å². The Kier molecular flexibility index (Phi) is 5.74. The number of hydrogen-bond donors (Lipinski definition) is 1. The second-order valence-corrected chi connectivity index (χ2v) is 9.05. The van der Waals surface area contributed by atoms with Crippen LogP contribution in [0.25, 0.3) is 0 Å². The molecule has 0 radical (unpaired) electrons. The minimum absolute atomic E-state index is 0.188. The highest BCUT2D eigenvalue weighted by atomic mass is 32.2. The van der Waals surface area contributed by atoms with Crippen LogP contribution in [0.15, 0.2) is 24.3 Å². The first kappa shape index (κ1) is 17.1. The van der Waals surface area contributed by atoms with Gasteiger partial charge in [0.2, 0.25) is 0 Å². The maximum absolute atomic E-state index is 12.1. The van der Waals surface area contributed by atoms with Crippen molar-refractivity contribution in [2.45, 2.75) is 38.6 Å². The van der Waals surface area contributed by atoms with Crippen molar-refractivity contribution in [1.29, 1.82) is 0 Å². The molecule has 1 rings (SSSR count). The zero-order valence-corrected chi connectivity index (χ0v) is 13.7. The molecule has 114 valence electrons. The van der Waals surface area contributed by atoms with Gasteiger partial charge in [-0.25, -0.2) is 8.42 Å². The summed E-state index contributed by atoms with van der Waals surface area (Å²) in [7, 11) is -1.11. The average molecular weight is 298 g/mol. The van der Waals surface area contributed by atoms with Crippen molar-refractivity contribution in [3.05, 3.63) is 35.4 Å². The molecule has 1 aromatic rings. The fourth-order valence-corrected chi connectivity index (χ4v) is 2.92. The molecule has 0 aromatic heterocycles. The van der Waals surface area contributed by atoms with Crippen molar-refractivity contribution >= 4 is 9.84 Å². The standard InChI is InChI=1S/C15H26N2O2S/c1-15(2,3)20(18,19)10-9-17(4)12-14-7-5-13(11-16)6-8-14/h5-8H,9-12,16H2,1-4H3. The van der Waals surface area contributed by atoms with E-state index in [0.29, 0.717) is 13.1 Å². The molecule has 0 amide bonds. The SMILES string of the molecule is CN(CCS(=O)(=O)C(C)(C)C)Cc1ccc(CN)cc1. The maximum atomic E-state index is 12.1. The lowest BCUT2D eigenvalue weighted by atomic mass is 10.1. The van der Waals surface area contributed by atoms with Crippen LogP contribution in [0.1, 0.15) is 31.9 Å². The average Bonchev–Trinajstić information content (AvgIpc) is 2.36. The monoisotopic (exact) mass is 298 g/mol. The first-order chi connectivity index (χ1) is 9.15. The van der Waals surface area contributed by atoms with Gasteiger partial charge < -0.3 is 10.6 Å². The summed E-state index contributed by atoms with van der Waals surface area (Å²) < 4.78 is 23.4. The third-order valence-electron chi connectivity index (χ3n) is 3.39. The number of sulfone groups is 1. The van der Waals surface area contributed by atoms with Crippen LogP contribution in [0.3, 0.4) is 0 Å². The van der Waals surface area contributed by atoms with Gasteiger partial charge in [0.05, 0.1) is 10.5 Å². The first-order valence-electron chi connectivity index (χ1n) is 6.84. The first-order valence-corrected chi connectivity index (χ1v) is 8.49. The van der Waals surface area contributed by atoms with Crippen LogP contribution >= 0.6 is 0 Å². The van der Waals surface area contributed by atoms with E-state index in [2.05, 4.69) is 0 Å². The second kappa shape index (κ2) is 6.70. The predicted molar refractivity (Wildman–Crippen MR) is 84.2 cm³/mol. The van der Waals surface area contributed by atoms with Crippen LogP contribution in [-0.2, 0) is 22.9 Å². The van der Waals surface area contributed by atoms with Gasteiger partial charge in [0, 0.05) is 19.6 Å². The molecule has 0 fully saturated rings. The molecule has 0 unspecified atom stereocenters. The second-order valence-electron chi connectivity index (χ2n) is 6.19. The molecule has 20 heavy (non-hydrogen) atoms. The molecule has 0 saturated carbocycles. The Balaban J connectivity index is 2.54. The van der Waals surface area contributed by atoms with Gasteiger partial charge in [0.15, 0.2) is 9.84 Å². The van der Waals surface area contributed by atoms with E-state index in [1.54, 1.807) is 20.8 Å². The fraction of sp³-hybridized carbons (Fsp3) is 0.600. The number of nitrogens with zero attached hydrogens (tertiary/aromatic N) is 1. The summed E-state index contributed by atoms with van der Waals surface area (Å²) in [6.07, 6.45) is 0. The molecule has 0 aliphatic carbocycles. The molecule has 0 bridgehead atoms. The van der Waals surface area contributed by atoms with Gasteiger partial charge in [0.1, 0.15) is 0 Å². The Labute approximate surface area is 122 Å². The van der Waals surface area contributed by atoms with Crippen molar-refractivity contribution in [2.75, 3.05) is 19.3 Å². The van der Waals surface area contributed by atoms with Gasteiger partial charge in [-0.1, -0.05) is 24.3 Å². The lowest BCUT2D eigenvalue weighted by Gasteiger charge is -2.22. The Morgan fingerprint density at radius 3 is 2.05 bits per heavy atom. The highest BCUT2D eigenvalue weighted by Gasteiger charge is 2.28. The molecular weight excluding hydrogens is 272 g/mol. The third-order valence-corrected chi connectivity index (χ3v) is 5.97. The number of hydrogen-bond acceptors (Lipinski definition) is 4. The summed E-state index contributed by atoms with van der Waals surface area (Å²) in [5.74, 6) is 0.188. The van der Waals surface area contributed by atoms with Gasteiger partial charge in [-0.05, 0) is 38.9 Å². The van der Waals surface area contributed by atoms with Crippen molar-refractivity contribution in [3.63, 3.8) is 0 Å². The van der Waals surface area contributed by atoms with Gasteiger partial charge in [-0.15, -0.1) is 0 Å². The molecule has 2 N–H and O–H groups in total. The summed E-state index contributed by atoms with van der Waals surface area (Å²) in [5.41, 5.74) is 7.83. The normalized spacial score (nSPS) is 12.9. The van der Waals surface area contributed by atoms with Crippen molar-refractivity contribution < 1.29 is 8.42 Å². The van der Waals surface area contributed by atoms with Crippen molar-refractivity contribution in [1.82, 2.24) is 4.90 Å². The van der Waals surface area contributed by atoms with Gasteiger partial charge in [0.25, 0.3) is 0 Å². The van der Waals surface area contributed by atoms with Gasteiger partial charge >= 0.3 is 0 Å². The third kappa shape index (κ3) is 4.89. The van der Waals surface area contributed by atoms with Gasteiger partial charge in [-0.3, -0.25) is 0 Å². The zero-order chi connectivity index (χ0) is 15.4. The Morgan fingerprint density at radius 2 is 1.60 bits per heavy atom. The Bertz CT molecular complexity index is 516. The highest BCUT2D eigenvalue weighted by Crippen LogP contribution is 2.16. The minimum Gasteiger partial charge on any atom is -0.326 e. The molecule has 0 saturated heterocycles. The van der Waals surface area contributed by atoms with E-state index < -0.39 is 14.6 Å². The molecule has 0 aliphatic heterocycles. The molecular formula is C15H26N2O2S. The van der Waals surface area contributed by atoms with E-state index in [4.69, 9.17) is 5.73 Å². The Morgan fingerprint density at radius 1 is 1.10 bits per heavy atom. The van der Waals surface area contributed by atoms with Crippen LogP contribution in [-0.4, -0.2) is 37.4 Å². The molecule has 0 aliphatic rings. The fourth-order valence-electron chi connectivity index (χ4n) is 1.75. The lowest BCUT2D eigenvalue weighted by molar-refractivity contribution is 0.345. The van der Waals surface area contributed by atoms with Crippen LogP contribution in [0.5, 0.6) is 0 Å². The van der Waals surface area contributed by atoms with E-state index in [1.807, 2.05) is 36.2 Å². The van der Waals surface area contributed by atoms with E-state index in [1.165, 1.54) is 0 Å². The van der Waals surface area contributed by atoms with Crippen LogP contribution < -0.4 is 5.73 Å². The predicted octanol–water partition coefficient (Wildman–Crippen LogP) is 1.79. The van der Waals surface area contributed by atoms with E-state index in [0.717, 1.165) is 17.7 Å². The van der Waals surface area contributed by atoms with Crippen molar-refractivity contribution in [3.8, 4) is 0 Å². The zero-order valence-electron chi connectivity index (χ0n) is 12.9. The number of rotatable bonds is 6. The van der Waals surface area contributed by atoms with Gasteiger partial charge in [-0.2, -0.15) is 0 Å². The number of nitrogens with two attached hydrogens (primary N) is 1. The highest BCUT2D eigenvalue weighted by molar-refractivity contribution is 7.92. The number of benzene rings is 1. The Hall–Kier alpha value is -0.910. The summed E-state index contributed by atoms with van der Waals surface area (Å²) in [6, 6.07) is 8.10. The lowest BCUT2D eigenvalue weighted by Crippen LogP contribution is -2.35. The summed E-state index contributed by atoms with van der Waals surface area (Å²) >= 11 is 0. The molecule has 0 atom stereocenters. The maximum Gasteiger partial charge on any atom is 0.156 e. The topological polar surface area (TPSA) is 63.4 Å². The quantitative estimate of drug-likeness (QED) is 0.869. The van der Waals surface area contributed by atoms with Crippen LogP contribution in [0.2, 0.25) is 0 Å². The minimum atomic E-state index is -3.05. The summed E-state index contributed by atoms with van der Waals surface area (Å²) in [5, 5.41) is 0. The summed E-state index contributed by atoms with van der Waals surface area (Å²) in [6.45, 7) is 7.05. The molecule has 0 heterocycles. The largest absolute Gasteiger partial charge is 0.326 e. The van der Waals surface area contributed by atoms with E-state index in [9.17, 15) is 8.42 Å². The molecule has 0 spiro atoms. The van der Waals surface area contributed by atoms with Crippen LogP contribution in [0, 0.1) is 0 Å². The molecule has 4 nitrogen and oxygen atoms in total. The molecule has 5 heteroatoms.